The lowest BCUT2D eigenvalue weighted by molar-refractivity contribution is 0.251. The minimum Gasteiger partial charge on any atom is -0.490 e. The molecule has 4 aromatic rings. The Kier molecular flexibility index (Phi) is 5.19. The highest BCUT2D eigenvalue weighted by Crippen LogP contribution is 2.33. The first-order chi connectivity index (χ1) is 15.2. The summed E-state index contributed by atoms with van der Waals surface area (Å²) in [5, 5.41) is 6.91. The Hall–Kier alpha value is -3.93. The largest absolute Gasteiger partial charge is 0.490 e. The van der Waals surface area contributed by atoms with Gasteiger partial charge in [-0.2, -0.15) is 0 Å². The van der Waals surface area contributed by atoms with Gasteiger partial charge in [-0.1, -0.05) is 42.5 Å². The third kappa shape index (κ3) is 4.33. The normalized spacial score (nSPS) is 12.8. The van der Waals surface area contributed by atoms with Crippen molar-refractivity contribution >= 4 is 28.3 Å². The molecule has 2 amide bonds. The van der Waals surface area contributed by atoms with Gasteiger partial charge in [0.1, 0.15) is 12.4 Å². The van der Waals surface area contributed by atoms with Crippen molar-refractivity contribution in [2.75, 3.05) is 23.4 Å². The number of aromatic amines is 1. The zero-order valence-electron chi connectivity index (χ0n) is 17.1. The van der Waals surface area contributed by atoms with Crippen LogP contribution in [0.15, 0.2) is 79.0 Å². The molecule has 0 spiro atoms. The van der Waals surface area contributed by atoms with Crippen molar-refractivity contribution in [1.82, 2.24) is 10.3 Å². The standard InChI is InChI=1S/C25H24N4O2/c30-25(28-21-8-7-20-10-11-26-22(20)15-21)27-16-19-6-9-23-24(14-19)31-13-12-29(23)17-18-4-2-1-3-5-18/h1-11,14-15,26H,12-13,16-17H2,(H2,27,28,30). The van der Waals surface area contributed by atoms with Gasteiger partial charge in [0.2, 0.25) is 0 Å². The average Bonchev–Trinajstić information content (AvgIpc) is 3.26. The van der Waals surface area contributed by atoms with E-state index in [1.807, 2.05) is 48.7 Å². The lowest BCUT2D eigenvalue weighted by Gasteiger charge is -2.31. The maximum atomic E-state index is 12.3. The fourth-order valence-corrected chi connectivity index (χ4v) is 3.88. The van der Waals surface area contributed by atoms with Gasteiger partial charge in [-0.3, -0.25) is 0 Å². The first-order valence-corrected chi connectivity index (χ1v) is 10.4. The molecule has 3 aromatic carbocycles. The summed E-state index contributed by atoms with van der Waals surface area (Å²) in [6.45, 7) is 2.78. The number of amides is 2. The Labute approximate surface area is 180 Å². The summed E-state index contributed by atoms with van der Waals surface area (Å²) in [7, 11) is 0. The monoisotopic (exact) mass is 412 g/mol. The number of carbonyl (C=O) groups is 1. The topological polar surface area (TPSA) is 69.4 Å². The molecule has 0 saturated carbocycles. The number of hydrogen-bond acceptors (Lipinski definition) is 3. The van der Waals surface area contributed by atoms with E-state index >= 15 is 0 Å². The van der Waals surface area contributed by atoms with Crippen LogP contribution in [0, 0.1) is 0 Å². The smallest absolute Gasteiger partial charge is 0.319 e. The first-order valence-electron chi connectivity index (χ1n) is 10.4. The van der Waals surface area contributed by atoms with E-state index in [1.54, 1.807) is 0 Å². The number of urea groups is 1. The van der Waals surface area contributed by atoms with Crippen LogP contribution < -0.4 is 20.3 Å². The summed E-state index contributed by atoms with van der Waals surface area (Å²) in [4.78, 5) is 17.8. The fraction of sp³-hybridized carbons (Fsp3) is 0.160. The number of aromatic nitrogens is 1. The summed E-state index contributed by atoms with van der Waals surface area (Å²) < 4.78 is 5.89. The number of rotatable bonds is 5. The second kappa shape index (κ2) is 8.44. The predicted molar refractivity (Wildman–Crippen MR) is 124 cm³/mol. The van der Waals surface area contributed by atoms with Crippen LogP contribution >= 0.6 is 0 Å². The molecule has 2 heterocycles. The van der Waals surface area contributed by atoms with Crippen LogP contribution in [0.25, 0.3) is 10.9 Å². The van der Waals surface area contributed by atoms with Crippen LogP contribution in [-0.2, 0) is 13.1 Å². The molecule has 6 nitrogen and oxygen atoms in total. The minimum absolute atomic E-state index is 0.241. The lowest BCUT2D eigenvalue weighted by atomic mass is 10.1. The molecule has 0 saturated heterocycles. The maximum absolute atomic E-state index is 12.3. The maximum Gasteiger partial charge on any atom is 0.319 e. The molecule has 0 unspecified atom stereocenters. The van der Waals surface area contributed by atoms with Gasteiger partial charge < -0.3 is 25.3 Å². The Morgan fingerprint density at radius 2 is 1.90 bits per heavy atom. The SMILES string of the molecule is O=C(NCc1ccc2c(c1)OCCN2Cc1ccccc1)Nc1ccc2cc[nH]c2c1. The van der Waals surface area contributed by atoms with E-state index in [4.69, 9.17) is 4.74 Å². The Morgan fingerprint density at radius 3 is 2.81 bits per heavy atom. The number of nitrogens with zero attached hydrogens (tertiary/aromatic N) is 1. The van der Waals surface area contributed by atoms with Gasteiger partial charge in [-0.25, -0.2) is 4.79 Å². The van der Waals surface area contributed by atoms with Gasteiger partial charge in [0.15, 0.2) is 0 Å². The Bertz CT molecular complexity index is 1200. The number of hydrogen-bond donors (Lipinski definition) is 3. The minimum atomic E-state index is -0.241. The van der Waals surface area contributed by atoms with Crippen LogP contribution in [-0.4, -0.2) is 24.2 Å². The number of H-pyrrole nitrogens is 1. The van der Waals surface area contributed by atoms with Crippen LogP contribution in [0.1, 0.15) is 11.1 Å². The summed E-state index contributed by atoms with van der Waals surface area (Å²) in [5.41, 5.74) is 5.09. The highest BCUT2D eigenvalue weighted by atomic mass is 16.5. The van der Waals surface area contributed by atoms with E-state index in [-0.39, 0.29) is 6.03 Å². The molecule has 5 rings (SSSR count). The van der Waals surface area contributed by atoms with Gasteiger partial charge in [-0.15, -0.1) is 0 Å². The molecule has 1 aliphatic heterocycles. The summed E-state index contributed by atoms with van der Waals surface area (Å²) in [5.74, 6) is 0.860. The van der Waals surface area contributed by atoms with E-state index in [0.717, 1.165) is 46.7 Å². The molecule has 3 N–H and O–H groups in total. The first kappa shape index (κ1) is 19.1. The number of anilines is 2. The number of fused-ring (bicyclic) bond motifs is 2. The molecule has 0 atom stereocenters. The van der Waals surface area contributed by atoms with Crippen molar-refractivity contribution in [3.8, 4) is 5.75 Å². The van der Waals surface area contributed by atoms with Crippen molar-refractivity contribution in [2.45, 2.75) is 13.1 Å². The van der Waals surface area contributed by atoms with E-state index in [0.29, 0.717) is 13.2 Å². The highest BCUT2D eigenvalue weighted by Gasteiger charge is 2.18. The Balaban J connectivity index is 1.21. The van der Waals surface area contributed by atoms with E-state index < -0.39 is 0 Å². The van der Waals surface area contributed by atoms with Crippen LogP contribution in [0.2, 0.25) is 0 Å². The molecule has 0 aliphatic carbocycles. The average molecular weight is 412 g/mol. The van der Waals surface area contributed by atoms with E-state index in [2.05, 4.69) is 50.8 Å². The number of nitrogens with one attached hydrogen (secondary N) is 3. The van der Waals surface area contributed by atoms with Gasteiger partial charge in [-0.05, 0) is 46.8 Å². The third-order valence-electron chi connectivity index (χ3n) is 5.47. The highest BCUT2D eigenvalue weighted by molar-refractivity contribution is 5.92. The molecular weight excluding hydrogens is 388 g/mol. The van der Waals surface area contributed by atoms with Crippen molar-refractivity contribution < 1.29 is 9.53 Å². The molecule has 156 valence electrons. The van der Waals surface area contributed by atoms with Crippen LogP contribution in [0.4, 0.5) is 16.2 Å². The summed E-state index contributed by atoms with van der Waals surface area (Å²) in [6, 6.07) is 24.1. The van der Waals surface area contributed by atoms with Gasteiger partial charge in [0.05, 0.1) is 12.2 Å². The molecular formula is C25H24N4O2. The van der Waals surface area contributed by atoms with Crippen molar-refractivity contribution in [3.05, 3.63) is 90.1 Å². The van der Waals surface area contributed by atoms with E-state index in [1.165, 1.54) is 5.56 Å². The van der Waals surface area contributed by atoms with Gasteiger partial charge >= 0.3 is 6.03 Å². The molecule has 31 heavy (non-hydrogen) atoms. The van der Waals surface area contributed by atoms with Gasteiger partial charge in [0.25, 0.3) is 0 Å². The molecule has 0 fully saturated rings. The fourth-order valence-electron chi connectivity index (χ4n) is 3.88. The van der Waals surface area contributed by atoms with Gasteiger partial charge in [0, 0.05) is 30.5 Å². The van der Waals surface area contributed by atoms with Crippen molar-refractivity contribution in [3.63, 3.8) is 0 Å². The molecule has 1 aliphatic rings. The number of benzene rings is 3. The summed E-state index contributed by atoms with van der Waals surface area (Å²) >= 11 is 0. The third-order valence-corrected chi connectivity index (χ3v) is 5.47. The van der Waals surface area contributed by atoms with E-state index in [9.17, 15) is 4.79 Å². The number of carbonyl (C=O) groups excluding carboxylic acids is 1. The molecule has 0 radical (unpaired) electrons. The quantitative estimate of drug-likeness (QED) is 0.437. The zero-order chi connectivity index (χ0) is 21.0. The second-order valence-electron chi connectivity index (χ2n) is 7.65. The van der Waals surface area contributed by atoms with Crippen LogP contribution in [0.5, 0.6) is 5.75 Å². The van der Waals surface area contributed by atoms with Crippen molar-refractivity contribution in [2.24, 2.45) is 0 Å². The zero-order valence-corrected chi connectivity index (χ0v) is 17.1. The second-order valence-corrected chi connectivity index (χ2v) is 7.65. The molecule has 6 heteroatoms. The summed E-state index contributed by atoms with van der Waals surface area (Å²) in [6.07, 6.45) is 1.88. The molecule has 0 bridgehead atoms. The lowest BCUT2D eigenvalue weighted by Crippen LogP contribution is -2.32. The molecule has 1 aromatic heterocycles. The van der Waals surface area contributed by atoms with Crippen molar-refractivity contribution in [1.29, 1.82) is 0 Å². The number of ether oxygens (including phenoxy) is 1. The Morgan fingerprint density at radius 1 is 1.00 bits per heavy atom. The predicted octanol–water partition coefficient (Wildman–Crippen LogP) is 4.89. The van der Waals surface area contributed by atoms with Crippen LogP contribution in [0.3, 0.4) is 0 Å².